The predicted octanol–water partition coefficient (Wildman–Crippen LogP) is 2.94. The molecule has 0 radical (unpaired) electrons. The number of hydrogen-bond donors (Lipinski definition) is 2. The van der Waals surface area contributed by atoms with Gasteiger partial charge in [0.05, 0.1) is 23.9 Å². The highest BCUT2D eigenvalue weighted by Crippen LogP contribution is 2.36. The van der Waals surface area contributed by atoms with Crippen LogP contribution in [0.25, 0.3) is 10.9 Å². The van der Waals surface area contributed by atoms with Crippen LogP contribution >= 0.6 is 0 Å². The molecule has 0 atom stereocenters. The first-order valence-corrected chi connectivity index (χ1v) is 8.11. The summed E-state index contributed by atoms with van der Waals surface area (Å²) in [5, 5.41) is 3.93. The van der Waals surface area contributed by atoms with E-state index in [9.17, 15) is 4.79 Å². The molecule has 0 spiro atoms. The summed E-state index contributed by atoms with van der Waals surface area (Å²) < 4.78 is 16.9. The summed E-state index contributed by atoms with van der Waals surface area (Å²) in [6.07, 6.45) is 1.64. The van der Waals surface area contributed by atoms with Gasteiger partial charge in [-0.3, -0.25) is 9.78 Å². The number of amides is 1. The van der Waals surface area contributed by atoms with Crippen molar-refractivity contribution in [3.63, 3.8) is 0 Å². The topological polar surface area (TPSA) is 95.7 Å². The number of rotatable bonds is 4. The fourth-order valence-corrected chi connectivity index (χ4v) is 2.90. The second kappa shape index (κ2) is 6.44. The maximum atomic E-state index is 11.7. The molecule has 0 fully saturated rings. The summed E-state index contributed by atoms with van der Waals surface area (Å²) in [4.78, 5) is 16.0. The number of primary amides is 1. The molecule has 1 aliphatic rings. The second-order valence-corrected chi connectivity index (χ2v) is 5.78. The summed E-state index contributed by atoms with van der Waals surface area (Å²) in [5.74, 6) is 1.72. The zero-order valence-electron chi connectivity index (χ0n) is 14.1. The first-order valence-electron chi connectivity index (χ1n) is 8.11. The Hall–Kier alpha value is -3.48. The molecule has 4 rings (SSSR count). The number of nitrogens with zero attached hydrogens (tertiary/aromatic N) is 1. The van der Waals surface area contributed by atoms with E-state index in [2.05, 4.69) is 10.3 Å². The van der Waals surface area contributed by atoms with Gasteiger partial charge in [0.2, 0.25) is 0 Å². The molecule has 7 nitrogen and oxygen atoms in total. The highest BCUT2D eigenvalue weighted by atomic mass is 16.5. The zero-order chi connectivity index (χ0) is 18.1. The maximum absolute atomic E-state index is 11.7. The van der Waals surface area contributed by atoms with Crippen molar-refractivity contribution in [2.45, 2.75) is 0 Å². The van der Waals surface area contributed by atoms with Crippen LogP contribution < -0.4 is 25.3 Å². The molecule has 1 amide bonds. The highest BCUT2D eigenvalue weighted by molar-refractivity contribution is 6.01. The van der Waals surface area contributed by atoms with Crippen molar-refractivity contribution >= 4 is 22.5 Å². The summed E-state index contributed by atoms with van der Waals surface area (Å²) in [5.41, 5.74) is 7.30. The van der Waals surface area contributed by atoms with E-state index in [0.717, 1.165) is 18.0 Å². The zero-order valence-corrected chi connectivity index (χ0v) is 14.1. The number of ether oxygens (including phenoxy) is 3. The number of pyridine rings is 1. The third-order valence-corrected chi connectivity index (χ3v) is 4.14. The van der Waals surface area contributed by atoms with E-state index in [-0.39, 0.29) is 5.56 Å². The van der Waals surface area contributed by atoms with E-state index in [1.54, 1.807) is 24.4 Å². The molecule has 26 heavy (non-hydrogen) atoms. The van der Waals surface area contributed by atoms with Gasteiger partial charge in [-0.15, -0.1) is 0 Å². The van der Waals surface area contributed by atoms with Gasteiger partial charge in [-0.1, -0.05) is 0 Å². The van der Waals surface area contributed by atoms with Crippen molar-refractivity contribution in [1.82, 2.24) is 4.98 Å². The molecule has 0 saturated carbocycles. The van der Waals surface area contributed by atoms with Crippen molar-refractivity contribution in [3.8, 4) is 23.0 Å². The van der Waals surface area contributed by atoms with Gasteiger partial charge in [0.15, 0.2) is 0 Å². The van der Waals surface area contributed by atoms with Gasteiger partial charge in [0, 0.05) is 30.3 Å². The number of benzene rings is 2. The van der Waals surface area contributed by atoms with E-state index in [1.165, 1.54) is 7.11 Å². The minimum Gasteiger partial charge on any atom is -0.496 e. The number of methoxy groups -OCH3 is 1. The van der Waals surface area contributed by atoms with Crippen LogP contribution in [0.3, 0.4) is 0 Å². The lowest BCUT2D eigenvalue weighted by Gasteiger charge is -2.20. The molecular formula is C19H17N3O4. The van der Waals surface area contributed by atoms with Gasteiger partial charge in [0.25, 0.3) is 5.91 Å². The van der Waals surface area contributed by atoms with Gasteiger partial charge in [0.1, 0.15) is 29.6 Å². The Labute approximate surface area is 149 Å². The molecule has 0 unspecified atom stereocenters. The van der Waals surface area contributed by atoms with Crippen LogP contribution in [0.4, 0.5) is 5.69 Å². The molecular weight excluding hydrogens is 334 g/mol. The number of carbonyl (C=O) groups is 1. The fourth-order valence-electron chi connectivity index (χ4n) is 2.90. The van der Waals surface area contributed by atoms with Crippen molar-refractivity contribution < 1.29 is 19.0 Å². The average Bonchev–Trinajstić information content (AvgIpc) is 2.67. The smallest absolute Gasteiger partial charge is 0.252 e. The Kier molecular flexibility index (Phi) is 3.96. The molecule has 0 aliphatic carbocycles. The van der Waals surface area contributed by atoms with Crippen molar-refractivity contribution in [2.24, 2.45) is 5.73 Å². The predicted molar refractivity (Wildman–Crippen MR) is 97.3 cm³/mol. The molecule has 2 heterocycles. The number of nitrogens with two attached hydrogens (primary N) is 1. The SMILES string of the molecule is COc1cc2nccc(Oc3ccc4c(c3)OCCN4)c2cc1C(N)=O. The van der Waals surface area contributed by atoms with E-state index in [0.29, 0.717) is 34.8 Å². The quantitative estimate of drug-likeness (QED) is 0.750. The molecule has 7 heteroatoms. The van der Waals surface area contributed by atoms with Crippen LogP contribution in [0.2, 0.25) is 0 Å². The Balaban J connectivity index is 1.76. The Morgan fingerprint density at radius 3 is 2.92 bits per heavy atom. The number of anilines is 1. The van der Waals surface area contributed by atoms with Crippen molar-refractivity contribution in [3.05, 3.63) is 48.2 Å². The van der Waals surface area contributed by atoms with Crippen molar-refractivity contribution in [1.29, 1.82) is 0 Å². The largest absolute Gasteiger partial charge is 0.496 e. The number of nitrogens with one attached hydrogen (secondary N) is 1. The molecule has 3 aromatic rings. The second-order valence-electron chi connectivity index (χ2n) is 5.78. The van der Waals surface area contributed by atoms with E-state index >= 15 is 0 Å². The molecule has 132 valence electrons. The minimum atomic E-state index is -0.577. The Morgan fingerprint density at radius 1 is 1.23 bits per heavy atom. The average molecular weight is 351 g/mol. The lowest BCUT2D eigenvalue weighted by Crippen LogP contribution is -2.17. The minimum absolute atomic E-state index is 0.274. The fraction of sp³-hybridized carbons (Fsp3) is 0.158. The summed E-state index contributed by atoms with van der Waals surface area (Å²) in [7, 11) is 1.48. The molecule has 0 bridgehead atoms. The highest BCUT2D eigenvalue weighted by Gasteiger charge is 2.15. The van der Waals surface area contributed by atoms with Gasteiger partial charge in [-0.25, -0.2) is 0 Å². The third kappa shape index (κ3) is 2.83. The number of aromatic nitrogens is 1. The maximum Gasteiger partial charge on any atom is 0.252 e. The van der Waals surface area contributed by atoms with Crippen molar-refractivity contribution in [2.75, 3.05) is 25.6 Å². The third-order valence-electron chi connectivity index (χ3n) is 4.14. The number of carbonyl (C=O) groups excluding carboxylic acids is 1. The van der Waals surface area contributed by atoms with Gasteiger partial charge in [-0.05, 0) is 24.3 Å². The van der Waals surface area contributed by atoms with Crippen LogP contribution in [0.5, 0.6) is 23.0 Å². The lowest BCUT2D eigenvalue weighted by atomic mass is 10.1. The number of fused-ring (bicyclic) bond motifs is 2. The molecule has 1 aliphatic heterocycles. The first-order chi connectivity index (χ1) is 12.7. The lowest BCUT2D eigenvalue weighted by molar-refractivity contribution is 0.0997. The van der Waals surface area contributed by atoms with Gasteiger partial charge < -0.3 is 25.3 Å². The summed E-state index contributed by atoms with van der Waals surface area (Å²) in [6.45, 7) is 1.39. The van der Waals surface area contributed by atoms with Gasteiger partial charge >= 0.3 is 0 Å². The normalized spacial score (nSPS) is 12.7. The van der Waals surface area contributed by atoms with Crippen LogP contribution in [-0.2, 0) is 0 Å². The molecule has 2 aromatic carbocycles. The molecule has 3 N–H and O–H groups in total. The van der Waals surface area contributed by atoms with Crippen LogP contribution in [0.1, 0.15) is 10.4 Å². The Morgan fingerprint density at radius 2 is 2.12 bits per heavy atom. The Bertz CT molecular complexity index is 1000. The van der Waals surface area contributed by atoms with Crippen LogP contribution in [-0.4, -0.2) is 31.2 Å². The van der Waals surface area contributed by atoms with E-state index < -0.39 is 5.91 Å². The molecule has 0 saturated heterocycles. The van der Waals surface area contributed by atoms with Gasteiger partial charge in [-0.2, -0.15) is 0 Å². The van der Waals surface area contributed by atoms with E-state index in [4.69, 9.17) is 19.9 Å². The van der Waals surface area contributed by atoms with E-state index in [1.807, 2.05) is 18.2 Å². The molecule has 1 aromatic heterocycles. The summed E-state index contributed by atoms with van der Waals surface area (Å²) in [6, 6.07) is 10.6. The monoisotopic (exact) mass is 351 g/mol. The van der Waals surface area contributed by atoms with Crippen LogP contribution in [0, 0.1) is 0 Å². The number of hydrogen-bond acceptors (Lipinski definition) is 6. The first kappa shape index (κ1) is 16.0. The summed E-state index contributed by atoms with van der Waals surface area (Å²) >= 11 is 0. The standard InChI is InChI=1S/C19H17N3O4/c1-24-17-10-15-12(9-13(17)19(20)23)16(4-5-21-15)26-11-2-3-14-18(8-11)25-7-6-22-14/h2-5,8-10,22H,6-7H2,1H3,(H2,20,23). The van der Waals surface area contributed by atoms with Crippen LogP contribution in [0.15, 0.2) is 42.6 Å².